The molecule has 8 heteroatoms. The van der Waals surface area contributed by atoms with E-state index in [0.717, 1.165) is 17.4 Å². The Morgan fingerprint density at radius 1 is 1.37 bits per heavy atom. The van der Waals surface area contributed by atoms with Gasteiger partial charge >= 0.3 is 0 Å². The van der Waals surface area contributed by atoms with E-state index in [0.29, 0.717) is 21.7 Å². The van der Waals surface area contributed by atoms with Gasteiger partial charge in [0.25, 0.3) is 5.91 Å². The van der Waals surface area contributed by atoms with Crippen molar-refractivity contribution in [1.29, 1.82) is 0 Å². The number of carbonyl (C=O) groups is 1. The molecule has 3 aromatic heterocycles. The molecule has 4 rings (SSSR count). The lowest BCUT2D eigenvalue weighted by Crippen LogP contribution is -2.18. The first-order chi connectivity index (χ1) is 13.0. The molecule has 0 atom stereocenters. The molecule has 0 aliphatic rings. The van der Waals surface area contributed by atoms with Crippen LogP contribution >= 0.6 is 11.3 Å². The number of rotatable bonds is 2. The summed E-state index contributed by atoms with van der Waals surface area (Å²) in [6, 6.07) is 7.35. The van der Waals surface area contributed by atoms with Crippen molar-refractivity contribution < 1.29 is 13.6 Å². The summed E-state index contributed by atoms with van der Waals surface area (Å²) in [5, 5.41) is 0. The summed E-state index contributed by atoms with van der Waals surface area (Å²) in [5.41, 5.74) is 1.58. The average molecular weight is 382 g/mol. The van der Waals surface area contributed by atoms with Crippen LogP contribution in [0.4, 0.5) is 8.78 Å². The van der Waals surface area contributed by atoms with Crippen molar-refractivity contribution in [2.24, 2.45) is 4.99 Å². The van der Waals surface area contributed by atoms with E-state index in [1.165, 1.54) is 10.6 Å². The van der Waals surface area contributed by atoms with E-state index in [1.807, 2.05) is 6.07 Å². The molecule has 1 amide bonds. The zero-order chi connectivity index (χ0) is 19.1. The average Bonchev–Trinajstić information content (AvgIpc) is 3.12. The van der Waals surface area contributed by atoms with Gasteiger partial charge in [0.15, 0.2) is 10.6 Å². The number of imidazole rings is 1. The molecule has 0 spiro atoms. The van der Waals surface area contributed by atoms with Crippen molar-refractivity contribution in [3.63, 3.8) is 0 Å². The van der Waals surface area contributed by atoms with Gasteiger partial charge in [-0.3, -0.25) is 9.20 Å². The van der Waals surface area contributed by atoms with Crippen LogP contribution < -0.4 is 4.80 Å². The van der Waals surface area contributed by atoms with Gasteiger partial charge in [0.2, 0.25) is 0 Å². The van der Waals surface area contributed by atoms with Gasteiger partial charge in [-0.25, -0.2) is 13.8 Å². The second-order valence-corrected chi connectivity index (χ2v) is 6.81. The minimum absolute atomic E-state index is 0.000794. The summed E-state index contributed by atoms with van der Waals surface area (Å²) in [6.45, 7) is 1.71. The van der Waals surface area contributed by atoms with Gasteiger partial charge in [-0.05, 0) is 25.1 Å². The largest absolute Gasteiger partial charge is 0.302 e. The van der Waals surface area contributed by atoms with E-state index in [1.54, 1.807) is 29.7 Å². The molecule has 0 unspecified atom stereocenters. The molecular weight excluding hydrogens is 370 g/mol. The Labute approximate surface area is 156 Å². The van der Waals surface area contributed by atoms with Crippen molar-refractivity contribution >= 4 is 33.1 Å². The van der Waals surface area contributed by atoms with Crippen molar-refractivity contribution in [1.82, 2.24) is 14.0 Å². The Morgan fingerprint density at radius 2 is 2.19 bits per heavy atom. The number of hydrogen-bond acceptors (Lipinski definition) is 3. The standard InChI is InChI=1S/C19H12F2N4OS/c1-3-7-25-17-13(21)9-12(20)10-14(17)27-19(25)23-18(26)16-11(2)22-15-6-4-5-8-24(15)16/h1,4-6,8-10H,7H2,2H3. The van der Waals surface area contributed by atoms with Gasteiger partial charge < -0.3 is 4.57 Å². The van der Waals surface area contributed by atoms with Crippen LogP contribution in [0.25, 0.3) is 15.9 Å². The number of benzene rings is 1. The van der Waals surface area contributed by atoms with E-state index < -0.39 is 17.5 Å². The second-order valence-electron chi connectivity index (χ2n) is 5.80. The van der Waals surface area contributed by atoms with E-state index in [2.05, 4.69) is 15.9 Å². The van der Waals surface area contributed by atoms with Gasteiger partial charge in [0.05, 0.1) is 22.5 Å². The molecule has 0 aliphatic carbocycles. The first-order valence-corrected chi connectivity index (χ1v) is 8.76. The van der Waals surface area contributed by atoms with Crippen LogP contribution in [0.2, 0.25) is 0 Å². The number of nitrogens with zero attached hydrogens (tertiary/aromatic N) is 4. The highest BCUT2D eigenvalue weighted by molar-refractivity contribution is 7.16. The molecule has 1 aromatic carbocycles. The van der Waals surface area contributed by atoms with Crippen molar-refractivity contribution in [3.05, 3.63) is 64.4 Å². The zero-order valence-corrected chi connectivity index (χ0v) is 14.9. The lowest BCUT2D eigenvalue weighted by molar-refractivity contribution is 0.0991. The summed E-state index contributed by atoms with van der Waals surface area (Å²) >= 11 is 0.999. The number of halogens is 2. The maximum absolute atomic E-state index is 14.3. The number of thiazole rings is 1. The normalized spacial score (nSPS) is 12.0. The Bertz CT molecular complexity index is 1320. The number of terminal acetylenes is 1. The van der Waals surface area contributed by atoms with Crippen LogP contribution in [-0.4, -0.2) is 19.9 Å². The molecule has 0 aliphatic heterocycles. The number of carbonyl (C=O) groups excluding carboxylic acids is 1. The molecule has 0 N–H and O–H groups in total. The van der Waals surface area contributed by atoms with Crippen LogP contribution in [0, 0.1) is 30.9 Å². The van der Waals surface area contributed by atoms with Gasteiger partial charge in [-0.1, -0.05) is 23.3 Å². The minimum atomic E-state index is -0.753. The molecule has 0 radical (unpaired) electrons. The molecule has 0 saturated carbocycles. The van der Waals surface area contributed by atoms with Crippen molar-refractivity contribution in [2.45, 2.75) is 13.5 Å². The summed E-state index contributed by atoms with van der Waals surface area (Å²) in [7, 11) is 0. The fourth-order valence-corrected chi connectivity index (χ4v) is 4.03. The van der Waals surface area contributed by atoms with Crippen LogP contribution in [0.15, 0.2) is 41.5 Å². The number of hydrogen-bond donors (Lipinski definition) is 0. The van der Waals surface area contributed by atoms with Gasteiger partial charge in [-0.15, -0.1) is 6.42 Å². The van der Waals surface area contributed by atoms with Crippen LogP contribution in [0.5, 0.6) is 0 Å². The quantitative estimate of drug-likeness (QED) is 0.500. The monoisotopic (exact) mass is 382 g/mol. The van der Waals surface area contributed by atoms with Crippen LogP contribution in [0.1, 0.15) is 16.2 Å². The van der Waals surface area contributed by atoms with E-state index in [4.69, 9.17) is 6.42 Å². The highest BCUT2D eigenvalue weighted by atomic mass is 32.1. The molecule has 0 bridgehead atoms. The third-order valence-corrected chi connectivity index (χ3v) is 5.07. The molecule has 0 fully saturated rings. The van der Waals surface area contributed by atoms with Crippen molar-refractivity contribution in [2.75, 3.05) is 0 Å². The molecule has 5 nitrogen and oxygen atoms in total. The number of pyridine rings is 1. The predicted molar refractivity (Wildman–Crippen MR) is 98.4 cm³/mol. The number of aryl methyl sites for hydroxylation is 1. The molecular formula is C19H12F2N4OS. The highest BCUT2D eigenvalue weighted by Crippen LogP contribution is 2.22. The van der Waals surface area contributed by atoms with Crippen molar-refractivity contribution in [3.8, 4) is 12.3 Å². The van der Waals surface area contributed by atoms with E-state index in [9.17, 15) is 13.6 Å². The Kier molecular flexibility index (Phi) is 4.09. The fraction of sp³-hybridized carbons (Fsp3) is 0.105. The molecule has 0 saturated heterocycles. The Hall–Kier alpha value is -3.31. The van der Waals surface area contributed by atoms with Gasteiger partial charge in [-0.2, -0.15) is 4.99 Å². The SMILES string of the molecule is C#CCn1c(=NC(=O)c2c(C)nc3ccccn23)sc2cc(F)cc(F)c21. The molecule has 27 heavy (non-hydrogen) atoms. The summed E-state index contributed by atoms with van der Waals surface area (Å²) in [6.07, 6.45) is 7.10. The lowest BCUT2D eigenvalue weighted by atomic mass is 10.3. The highest BCUT2D eigenvalue weighted by Gasteiger charge is 2.18. The molecule has 3 heterocycles. The maximum Gasteiger partial charge on any atom is 0.298 e. The van der Waals surface area contributed by atoms with E-state index in [-0.39, 0.29) is 16.9 Å². The van der Waals surface area contributed by atoms with Crippen LogP contribution in [-0.2, 0) is 6.54 Å². The summed E-state index contributed by atoms with van der Waals surface area (Å²) < 4.78 is 31.2. The fourth-order valence-electron chi connectivity index (χ4n) is 2.96. The Morgan fingerprint density at radius 3 is 2.96 bits per heavy atom. The van der Waals surface area contributed by atoms with E-state index >= 15 is 0 Å². The first-order valence-electron chi connectivity index (χ1n) is 7.94. The predicted octanol–water partition coefficient (Wildman–Crippen LogP) is 3.31. The number of fused-ring (bicyclic) bond motifs is 2. The first kappa shape index (κ1) is 17.1. The molecule has 4 aromatic rings. The third-order valence-electron chi connectivity index (χ3n) is 4.05. The number of amides is 1. The second kappa shape index (κ2) is 6.45. The number of aromatic nitrogens is 3. The molecule has 134 valence electrons. The minimum Gasteiger partial charge on any atom is -0.302 e. The lowest BCUT2D eigenvalue weighted by Gasteiger charge is -2.01. The topological polar surface area (TPSA) is 51.7 Å². The summed E-state index contributed by atoms with van der Waals surface area (Å²) in [4.78, 5) is 21.5. The van der Waals surface area contributed by atoms with Crippen LogP contribution in [0.3, 0.4) is 0 Å². The maximum atomic E-state index is 14.3. The van der Waals surface area contributed by atoms with Gasteiger partial charge in [0.1, 0.15) is 17.2 Å². The zero-order valence-electron chi connectivity index (χ0n) is 14.1. The van der Waals surface area contributed by atoms with Gasteiger partial charge in [0, 0.05) is 12.3 Å². The smallest absolute Gasteiger partial charge is 0.298 e. The summed E-state index contributed by atoms with van der Waals surface area (Å²) in [5.74, 6) is 0.419. The Balaban J connectivity index is 1.96. The third kappa shape index (κ3) is 2.82.